The quantitative estimate of drug-likeness (QED) is 0.308. The molecule has 1 unspecified atom stereocenters. The lowest BCUT2D eigenvalue weighted by atomic mass is 10.00. The molecule has 1 aromatic carbocycles. The van der Waals surface area contributed by atoms with Crippen LogP contribution in [0.5, 0.6) is 0 Å². The minimum absolute atomic E-state index is 0.0363. The van der Waals surface area contributed by atoms with E-state index >= 15 is 0 Å². The molecule has 0 spiro atoms. The fourth-order valence-electron chi connectivity index (χ4n) is 2.30. The van der Waals surface area contributed by atoms with Gasteiger partial charge in [0.05, 0.1) is 0 Å². The van der Waals surface area contributed by atoms with E-state index in [0.29, 0.717) is 0 Å². The number of hydrogen-bond acceptors (Lipinski definition) is 5. The molecule has 1 amide bonds. The van der Waals surface area contributed by atoms with Gasteiger partial charge in [-0.15, -0.1) is 0 Å². The summed E-state index contributed by atoms with van der Waals surface area (Å²) in [7, 11) is -2.30. The molecular weight excluding hydrogens is 384 g/mol. The summed E-state index contributed by atoms with van der Waals surface area (Å²) in [4.78, 5) is 24.6. The summed E-state index contributed by atoms with van der Waals surface area (Å²) < 4.78 is 12.2. The molecular formula is C22H36N2O4Si. The van der Waals surface area contributed by atoms with E-state index in [1.54, 1.807) is 20.8 Å². The smallest absolute Gasteiger partial charge is 0.358 e. The number of hydrogen-bond donors (Lipinski definition) is 1. The van der Waals surface area contributed by atoms with Crippen molar-refractivity contribution in [2.75, 3.05) is 0 Å². The zero-order valence-electron chi connectivity index (χ0n) is 19.5. The molecule has 0 saturated carbocycles. The van der Waals surface area contributed by atoms with Gasteiger partial charge in [-0.25, -0.2) is 10.2 Å². The summed E-state index contributed by atoms with van der Waals surface area (Å²) in [6.07, 6.45) is -0.751. The van der Waals surface area contributed by atoms with Crippen LogP contribution in [0.15, 0.2) is 29.4 Å². The molecule has 0 saturated heterocycles. The maximum atomic E-state index is 13.1. The van der Waals surface area contributed by atoms with E-state index in [9.17, 15) is 9.59 Å². The first-order valence-electron chi connectivity index (χ1n) is 9.86. The number of benzene rings is 1. The maximum absolute atomic E-state index is 13.1. The molecule has 162 valence electrons. The first-order valence-corrected chi connectivity index (χ1v) is 12.8. The van der Waals surface area contributed by atoms with Gasteiger partial charge in [0.25, 0.3) is 0 Å². The number of rotatable bonds is 6. The van der Waals surface area contributed by atoms with Gasteiger partial charge in [-0.1, -0.05) is 45.0 Å². The second-order valence-electron chi connectivity index (χ2n) is 9.78. The van der Waals surface area contributed by atoms with Crippen molar-refractivity contribution in [1.82, 2.24) is 5.43 Å². The van der Waals surface area contributed by atoms with E-state index in [2.05, 4.69) is 44.4 Å². The van der Waals surface area contributed by atoms with E-state index in [-0.39, 0.29) is 16.7 Å². The van der Waals surface area contributed by atoms with Crippen molar-refractivity contribution in [2.45, 2.75) is 85.2 Å². The van der Waals surface area contributed by atoms with Crippen molar-refractivity contribution in [3.8, 4) is 0 Å². The molecule has 0 radical (unpaired) electrons. The molecule has 1 atom stereocenters. The van der Waals surface area contributed by atoms with Crippen LogP contribution < -0.4 is 5.43 Å². The van der Waals surface area contributed by atoms with Crippen LogP contribution in [0, 0.1) is 6.92 Å². The molecule has 0 bridgehead atoms. The fraction of sp³-hybridized carbons (Fsp3) is 0.591. The van der Waals surface area contributed by atoms with E-state index in [1.807, 2.05) is 31.2 Å². The Labute approximate surface area is 176 Å². The van der Waals surface area contributed by atoms with Crippen molar-refractivity contribution in [3.63, 3.8) is 0 Å². The zero-order valence-corrected chi connectivity index (χ0v) is 20.5. The Hall–Kier alpha value is -1.99. The summed E-state index contributed by atoms with van der Waals surface area (Å²) in [5.74, 6) is -0.986. The van der Waals surface area contributed by atoms with Crippen LogP contribution in [0.25, 0.3) is 0 Å². The number of amides is 1. The highest BCUT2D eigenvalue weighted by molar-refractivity contribution is 6.74. The minimum Gasteiger partial charge on any atom is -0.455 e. The lowest BCUT2D eigenvalue weighted by molar-refractivity contribution is -0.146. The van der Waals surface area contributed by atoms with Crippen LogP contribution in [0.4, 0.5) is 0 Å². The number of nitrogens with one attached hydrogen (secondary N) is 1. The van der Waals surface area contributed by atoms with Gasteiger partial charge in [0.15, 0.2) is 14.0 Å². The van der Waals surface area contributed by atoms with Gasteiger partial charge >= 0.3 is 5.97 Å². The number of nitrogens with zero attached hydrogens (tertiary/aromatic N) is 1. The van der Waals surface area contributed by atoms with Crippen molar-refractivity contribution in [1.29, 1.82) is 0 Å². The van der Waals surface area contributed by atoms with Crippen molar-refractivity contribution < 1.29 is 18.8 Å². The number of hydrazone groups is 1. The predicted octanol–water partition coefficient (Wildman–Crippen LogP) is 4.89. The largest absolute Gasteiger partial charge is 0.455 e. The highest BCUT2D eigenvalue weighted by Gasteiger charge is 2.42. The van der Waals surface area contributed by atoms with Gasteiger partial charge in [-0.3, -0.25) is 4.79 Å². The third-order valence-electron chi connectivity index (χ3n) is 4.88. The van der Waals surface area contributed by atoms with Crippen LogP contribution in [-0.4, -0.2) is 31.5 Å². The third kappa shape index (κ3) is 7.40. The molecule has 0 aliphatic heterocycles. The molecule has 1 aromatic rings. The van der Waals surface area contributed by atoms with Crippen LogP contribution in [-0.2, 0) is 18.8 Å². The van der Waals surface area contributed by atoms with Crippen LogP contribution in [0.1, 0.15) is 65.7 Å². The molecule has 6 nitrogen and oxygen atoms in total. The van der Waals surface area contributed by atoms with Gasteiger partial charge in [0, 0.05) is 6.92 Å². The summed E-state index contributed by atoms with van der Waals surface area (Å²) >= 11 is 0. The minimum atomic E-state index is -2.30. The third-order valence-corrected chi connectivity index (χ3v) is 9.32. The van der Waals surface area contributed by atoms with E-state index < -0.39 is 26.0 Å². The van der Waals surface area contributed by atoms with Gasteiger partial charge in [-0.2, -0.15) is 5.10 Å². The summed E-state index contributed by atoms with van der Waals surface area (Å²) in [6.45, 7) is 19.3. The second-order valence-corrected chi connectivity index (χ2v) is 14.5. The Morgan fingerprint density at radius 1 is 1.07 bits per heavy atom. The lowest BCUT2D eigenvalue weighted by Gasteiger charge is -2.39. The number of carbonyl (C=O) groups is 2. The van der Waals surface area contributed by atoms with Gasteiger partial charge in [-0.05, 0) is 57.0 Å². The summed E-state index contributed by atoms with van der Waals surface area (Å²) in [5.41, 5.74) is 3.51. The predicted molar refractivity (Wildman–Crippen MR) is 119 cm³/mol. The zero-order chi connectivity index (χ0) is 22.6. The Balaban J connectivity index is 3.59. The molecule has 0 fully saturated rings. The average molecular weight is 421 g/mol. The normalized spacial score (nSPS) is 14.3. The molecule has 1 rings (SSSR count). The highest BCUT2D eigenvalue weighted by atomic mass is 28.4. The first kappa shape index (κ1) is 25.0. The molecule has 29 heavy (non-hydrogen) atoms. The van der Waals surface area contributed by atoms with Gasteiger partial charge in [0.2, 0.25) is 5.91 Å². The van der Waals surface area contributed by atoms with Crippen molar-refractivity contribution in [2.24, 2.45) is 5.10 Å². The summed E-state index contributed by atoms with van der Waals surface area (Å²) in [5, 5.41) is 4.05. The maximum Gasteiger partial charge on any atom is 0.358 e. The Bertz CT molecular complexity index is 774. The second kappa shape index (κ2) is 9.22. The Morgan fingerprint density at radius 3 is 2.07 bits per heavy atom. The molecule has 1 N–H and O–H groups in total. The Morgan fingerprint density at radius 2 is 1.62 bits per heavy atom. The molecule has 0 aliphatic rings. The monoisotopic (exact) mass is 420 g/mol. The van der Waals surface area contributed by atoms with Gasteiger partial charge < -0.3 is 9.16 Å². The molecule has 0 aromatic heterocycles. The molecule has 0 heterocycles. The Kier molecular flexibility index (Phi) is 7.96. The first-order chi connectivity index (χ1) is 13.0. The van der Waals surface area contributed by atoms with E-state index in [0.717, 1.165) is 11.1 Å². The van der Waals surface area contributed by atoms with Gasteiger partial charge in [0.1, 0.15) is 11.7 Å². The van der Waals surface area contributed by atoms with Crippen molar-refractivity contribution >= 4 is 25.9 Å². The van der Waals surface area contributed by atoms with Crippen molar-refractivity contribution in [3.05, 3.63) is 35.4 Å². The van der Waals surface area contributed by atoms with Crippen LogP contribution in [0.3, 0.4) is 0 Å². The lowest BCUT2D eigenvalue weighted by Crippen LogP contribution is -2.45. The highest BCUT2D eigenvalue weighted by Crippen LogP contribution is 2.40. The standard InChI is InChI=1S/C22H36N2O4Si/c1-15-13-11-12-14-17(15)19(28-29(9,10)22(6,7)8)18(24-23-16(2)25)20(26)27-21(3,4)5/h11-14,19H,1-10H3,(H,23,25)/b24-18+. The topological polar surface area (TPSA) is 77.0 Å². The number of carbonyl (C=O) groups excluding carboxylic acids is 2. The van der Waals surface area contributed by atoms with E-state index in [4.69, 9.17) is 9.16 Å². The number of aryl methyl sites for hydroxylation is 1. The molecule has 0 aliphatic carbocycles. The number of ether oxygens (including phenoxy) is 1. The van der Waals surface area contributed by atoms with Crippen LogP contribution >= 0.6 is 0 Å². The van der Waals surface area contributed by atoms with Crippen LogP contribution in [0.2, 0.25) is 18.1 Å². The summed E-state index contributed by atoms with van der Waals surface area (Å²) in [6, 6.07) is 7.71. The fourth-order valence-corrected chi connectivity index (χ4v) is 3.48. The SMILES string of the molecule is CC(=O)N/N=C(/C(=O)OC(C)(C)C)C(O[Si](C)(C)C(C)(C)C)c1ccccc1C. The van der Waals surface area contributed by atoms with E-state index in [1.165, 1.54) is 6.92 Å². The number of esters is 1. The molecule has 7 heteroatoms. The average Bonchev–Trinajstić information content (AvgIpc) is 2.51.